The number of aromatic amines is 1. The highest BCUT2D eigenvalue weighted by molar-refractivity contribution is 4.93. The van der Waals surface area contributed by atoms with Crippen molar-refractivity contribution in [3.63, 3.8) is 0 Å². The van der Waals surface area contributed by atoms with Gasteiger partial charge in [0.25, 0.3) is 5.56 Å². The first-order valence-corrected chi connectivity index (χ1v) is 4.90. The van der Waals surface area contributed by atoms with Crippen LogP contribution >= 0.6 is 0 Å². The minimum atomic E-state index is -2.07. The van der Waals surface area contributed by atoms with Crippen LogP contribution in [0, 0.1) is 0 Å². The summed E-state index contributed by atoms with van der Waals surface area (Å²) in [5, 5.41) is 8.76. The maximum absolute atomic E-state index is 13.5. The van der Waals surface area contributed by atoms with E-state index in [-0.39, 0.29) is 0 Å². The van der Waals surface area contributed by atoms with Gasteiger partial charge in [0.2, 0.25) is 0 Å². The molecular formula is C9H10F2N2O4. The summed E-state index contributed by atoms with van der Waals surface area (Å²) in [5.74, 6) is 0. The largest absolute Gasteiger partial charge is 0.394 e. The van der Waals surface area contributed by atoms with Crippen molar-refractivity contribution in [1.82, 2.24) is 9.55 Å². The number of halogens is 2. The molecule has 0 unspecified atom stereocenters. The summed E-state index contributed by atoms with van der Waals surface area (Å²) in [6, 6.07) is 0.997. The van der Waals surface area contributed by atoms with E-state index in [4.69, 9.17) is 9.84 Å². The van der Waals surface area contributed by atoms with Gasteiger partial charge >= 0.3 is 5.69 Å². The van der Waals surface area contributed by atoms with Crippen molar-refractivity contribution in [3.05, 3.63) is 33.1 Å². The van der Waals surface area contributed by atoms with E-state index in [1.165, 1.54) is 0 Å². The monoisotopic (exact) mass is 248 g/mol. The van der Waals surface area contributed by atoms with Gasteiger partial charge in [0.1, 0.15) is 6.10 Å². The van der Waals surface area contributed by atoms with Crippen LogP contribution in [0.3, 0.4) is 0 Å². The smallest absolute Gasteiger partial charge is 0.330 e. The first-order valence-electron chi connectivity index (χ1n) is 4.90. The first-order chi connectivity index (χ1) is 8.04. The van der Waals surface area contributed by atoms with E-state index in [0.717, 1.165) is 16.8 Å². The number of rotatable bonds is 2. The number of ether oxygens (including phenoxy) is 1. The highest BCUT2D eigenvalue weighted by Crippen LogP contribution is 2.32. The Hall–Kier alpha value is -1.54. The van der Waals surface area contributed by atoms with Gasteiger partial charge in [-0.05, 0) is 0 Å². The number of H-pyrrole nitrogens is 1. The molecule has 4 atom stereocenters. The van der Waals surface area contributed by atoms with Crippen LogP contribution in [0.4, 0.5) is 8.78 Å². The molecule has 0 aliphatic carbocycles. The molecule has 94 valence electrons. The van der Waals surface area contributed by atoms with Crippen molar-refractivity contribution in [1.29, 1.82) is 0 Å². The molecule has 0 bridgehead atoms. The molecular weight excluding hydrogens is 238 g/mol. The van der Waals surface area contributed by atoms with E-state index in [1.54, 1.807) is 0 Å². The SMILES string of the molecule is O=c1ccn([C@@H]2O[C@H](CO)[C@H](F)[C@H]2F)c(=O)[nH]1. The van der Waals surface area contributed by atoms with E-state index in [9.17, 15) is 18.4 Å². The number of aromatic nitrogens is 2. The second-order valence-corrected chi connectivity index (χ2v) is 3.65. The number of nitrogens with zero attached hydrogens (tertiary/aromatic N) is 1. The maximum Gasteiger partial charge on any atom is 0.330 e. The standard InChI is InChI=1S/C9H10F2N2O4/c10-6-4(3-14)17-8(7(6)11)13-2-1-5(15)12-9(13)16/h1-2,4,6-8,14H,3H2,(H,12,15,16)/t4-,6+,7-,8-/m1/s1. The third kappa shape index (κ3) is 2.01. The lowest BCUT2D eigenvalue weighted by atomic mass is 10.2. The van der Waals surface area contributed by atoms with Crippen molar-refractivity contribution >= 4 is 0 Å². The lowest BCUT2D eigenvalue weighted by Crippen LogP contribution is -2.34. The molecule has 8 heteroatoms. The van der Waals surface area contributed by atoms with Gasteiger partial charge in [-0.25, -0.2) is 13.6 Å². The van der Waals surface area contributed by atoms with Gasteiger partial charge in [0.15, 0.2) is 18.6 Å². The summed E-state index contributed by atoms with van der Waals surface area (Å²) in [4.78, 5) is 24.1. The zero-order valence-electron chi connectivity index (χ0n) is 8.55. The molecule has 2 rings (SSSR count). The Morgan fingerprint density at radius 3 is 2.65 bits per heavy atom. The average Bonchev–Trinajstić information content (AvgIpc) is 2.57. The Kier molecular flexibility index (Phi) is 3.07. The Balaban J connectivity index is 2.35. The Labute approximate surface area is 93.5 Å². The minimum Gasteiger partial charge on any atom is -0.394 e. The van der Waals surface area contributed by atoms with Crippen LogP contribution in [0.1, 0.15) is 6.23 Å². The van der Waals surface area contributed by atoms with Crippen molar-refractivity contribution in [2.45, 2.75) is 24.7 Å². The van der Waals surface area contributed by atoms with E-state index in [0.29, 0.717) is 0 Å². The number of hydrogen-bond donors (Lipinski definition) is 2. The highest BCUT2D eigenvalue weighted by Gasteiger charge is 2.46. The zero-order valence-corrected chi connectivity index (χ0v) is 8.55. The molecule has 1 aromatic heterocycles. The van der Waals surface area contributed by atoms with Crippen LogP contribution < -0.4 is 11.2 Å². The quantitative estimate of drug-likeness (QED) is 0.710. The number of alkyl halides is 2. The number of aliphatic hydroxyl groups excluding tert-OH is 1. The van der Waals surface area contributed by atoms with E-state index in [2.05, 4.69) is 0 Å². The van der Waals surface area contributed by atoms with E-state index >= 15 is 0 Å². The predicted molar refractivity (Wildman–Crippen MR) is 52.1 cm³/mol. The second kappa shape index (κ2) is 4.38. The van der Waals surface area contributed by atoms with Crippen molar-refractivity contribution in [3.8, 4) is 0 Å². The van der Waals surface area contributed by atoms with Crippen LogP contribution in [0.5, 0.6) is 0 Å². The number of nitrogens with one attached hydrogen (secondary N) is 1. The summed E-state index contributed by atoms with van der Waals surface area (Å²) in [7, 11) is 0. The van der Waals surface area contributed by atoms with E-state index < -0.39 is 42.5 Å². The maximum atomic E-state index is 13.5. The molecule has 1 fully saturated rings. The van der Waals surface area contributed by atoms with Crippen LogP contribution in [-0.2, 0) is 4.74 Å². The summed E-state index contributed by atoms with van der Waals surface area (Å²) in [6.07, 6.45) is -5.86. The third-order valence-electron chi connectivity index (χ3n) is 2.55. The molecule has 2 N–H and O–H groups in total. The number of aliphatic hydroxyl groups is 1. The molecule has 1 aliphatic heterocycles. The van der Waals surface area contributed by atoms with Gasteiger partial charge in [-0.15, -0.1) is 0 Å². The Morgan fingerprint density at radius 1 is 1.41 bits per heavy atom. The van der Waals surface area contributed by atoms with Crippen molar-refractivity contribution in [2.75, 3.05) is 6.61 Å². The zero-order chi connectivity index (χ0) is 12.6. The lowest BCUT2D eigenvalue weighted by molar-refractivity contribution is -0.0437. The topological polar surface area (TPSA) is 84.3 Å². The molecule has 0 aromatic carbocycles. The van der Waals surface area contributed by atoms with Gasteiger partial charge in [-0.3, -0.25) is 14.3 Å². The predicted octanol–water partition coefficient (Wildman–Crippen LogP) is -0.898. The van der Waals surface area contributed by atoms with Gasteiger partial charge in [0, 0.05) is 12.3 Å². The highest BCUT2D eigenvalue weighted by atomic mass is 19.2. The summed E-state index contributed by atoms with van der Waals surface area (Å²) >= 11 is 0. The summed E-state index contributed by atoms with van der Waals surface area (Å²) in [6.45, 7) is -0.684. The lowest BCUT2D eigenvalue weighted by Gasteiger charge is -2.14. The molecule has 2 heterocycles. The fourth-order valence-electron chi connectivity index (χ4n) is 1.68. The first kappa shape index (κ1) is 11.9. The summed E-state index contributed by atoms with van der Waals surface area (Å²) in [5.41, 5.74) is -1.54. The number of hydrogen-bond acceptors (Lipinski definition) is 4. The molecule has 1 saturated heterocycles. The van der Waals surface area contributed by atoms with Crippen LogP contribution in [-0.4, -0.2) is 39.7 Å². The van der Waals surface area contributed by atoms with Gasteiger partial charge in [0.05, 0.1) is 6.61 Å². The molecule has 0 saturated carbocycles. The van der Waals surface area contributed by atoms with Crippen LogP contribution in [0.2, 0.25) is 0 Å². The van der Waals surface area contributed by atoms with Gasteiger partial charge in [-0.1, -0.05) is 0 Å². The van der Waals surface area contributed by atoms with Crippen LogP contribution in [0.25, 0.3) is 0 Å². The Morgan fingerprint density at radius 2 is 2.12 bits per heavy atom. The molecule has 17 heavy (non-hydrogen) atoms. The molecule has 0 amide bonds. The fraction of sp³-hybridized carbons (Fsp3) is 0.556. The fourth-order valence-corrected chi connectivity index (χ4v) is 1.68. The molecule has 6 nitrogen and oxygen atoms in total. The van der Waals surface area contributed by atoms with Crippen molar-refractivity contribution < 1.29 is 18.6 Å². The third-order valence-corrected chi connectivity index (χ3v) is 2.55. The van der Waals surface area contributed by atoms with E-state index in [1.807, 2.05) is 4.98 Å². The molecule has 1 aromatic rings. The van der Waals surface area contributed by atoms with Gasteiger partial charge < -0.3 is 9.84 Å². The average molecular weight is 248 g/mol. The molecule has 0 radical (unpaired) electrons. The Bertz CT molecular complexity index is 514. The second-order valence-electron chi connectivity index (χ2n) is 3.65. The normalized spacial score (nSPS) is 32.9. The molecule has 1 aliphatic rings. The minimum absolute atomic E-state index is 0.643. The molecule has 0 spiro atoms. The summed E-state index contributed by atoms with van der Waals surface area (Å²) < 4.78 is 32.4. The van der Waals surface area contributed by atoms with Crippen LogP contribution in [0.15, 0.2) is 21.9 Å². The van der Waals surface area contributed by atoms with Gasteiger partial charge in [-0.2, -0.15) is 0 Å². The van der Waals surface area contributed by atoms with Crippen molar-refractivity contribution in [2.24, 2.45) is 0 Å².